The number of aliphatic carboxylic acids is 1. The van der Waals surface area contributed by atoms with E-state index in [-0.39, 0.29) is 6.10 Å². The van der Waals surface area contributed by atoms with Gasteiger partial charge >= 0.3 is 5.97 Å². The number of carboxylic acids is 1. The number of nitrogens with zero attached hydrogens (tertiary/aromatic N) is 3. The third kappa shape index (κ3) is 8.29. The molecule has 2 unspecified atom stereocenters. The molecule has 8 heteroatoms. The Hall–Kier alpha value is -2.71. The predicted octanol–water partition coefficient (Wildman–Crippen LogP) is 3.45. The van der Waals surface area contributed by atoms with Gasteiger partial charge in [0.05, 0.1) is 11.8 Å². The Labute approximate surface area is 196 Å². The van der Waals surface area contributed by atoms with Crippen molar-refractivity contribution >= 4 is 17.5 Å². The highest BCUT2D eigenvalue weighted by Crippen LogP contribution is 2.20. The lowest BCUT2D eigenvalue weighted by Gasteiger charge is -2.27. The first-order valence-corrected chi connectivity index (χ1v) is 11.9. The van der Waals surface area contributed by atoms with Crippen LogP contribution in [0.1, 0.15) is 43.9 Å². The number of anilines is 2. The van der Waals surface area contributed by atoms with Crippen LogP contribution in [-0.4, -0.2) is 71.4 Å². The van der Waals surface area contributed by atoms with Crippen molar-refractivity contribution in [2.24, 2.45) is 0 Å². The third-order valence-corrected chi connectivity index (χ3v) is 6.06. The quantitative estimate of drug-likeness (QED) is 0.373. The van der Waals surface area contributed by atoms with Crippen LogP contribution in [-0.2, 0) is 22.4 Å². The van der Waals surface area contributed by atoms with Gasteiger partial charge in [0.1, 0.15) is 11.9 Å². The lowest BCUT2D eigenvalue weighted by atomic mass is 10.1. The predicted molar refractivity (Wildman–Crippen MR) is 131 cm³/mol. The molecule has 2 atom stereocenters. The Bertz CT molecular complexity index is 864. The summed E-state index contributed by atoms with van der Waals surface area (Å²) >= 11 is 0. The zero-order chi connectivity index (χ0) is 23.5. The molecule has 1 aliphatic heterocycles. The summed E-state index contributed by atoms with van der Waals surface area (Å²) in [6.07, 6.45) is 9.20. The van der Waals surface area contributed by atoms with Crippen LogP contribution in [0, 0.1) is 0 Å². The number of hydrogen-bond acceptors (Lipinski definition) is 7. The summed E-state index contributed by atoms with van der Waals surface area (Å²) in [5, 5.41) is 16.1. The summed E-state index contributed by atoms with van der Waals surface area (Å²) in [4.78, 5) is 22.9. The van der Waals surface area contributed by atoms with E-state index in [0.29, 0.717) is 18.7 Å². The van der Waals surface area contributed by atoms with E-state index in [1.54, 1.807) is 25.6 Å². The van der Waals surface area contributed by atoms with Gasteiger partial charge in [-0.2, -0.15) is 0 Å². The average Bonchev–Trinajstić information content (AvgIpc) is 2.84. The number of unbranched alkanes of at least 4 members (excludes halogenated alkanes) is 1. The van der Waals surface area contributed by atoms with Gasteiger partial charge in [-0.3, -0.25) is 4.98 Å². The van der Waals surface area contributed by atoms with Gasteiger partial charge in [-0.25, -0.2) is 9.78 Å². The number of fused-ring (bicyclic) bond motifs is 1. The van der Waals surface area contributed by atoms with Crippen molar-refractivity contribution in [3.8, 4) is 0 Å². The molecule has 0 saturated carbocycles. The minimum absolute atomic E-state index is 0.0907. The standard InChI is InChI=1S/C25H37N5O3/c1-19(33-2)18-30(16-12-23(25(31)32)28-22-9-6-13-26-17-22)15-4-3-8-21-11-10-20-7-5-14-27-24(20)29-21/h6,9-11,13,17,19,23,28H,3-5,7-8,12,14-16,18H2,1-2H3,(H,27,29)(H,31,32). The van der Waals surface area contributed by atoms with Crippen molar-refractivity contribution in [1.29, 1.82) is 0 Å². The highest BCUT2D eigenvalue weighted by atomic mass is 16.5. The Morgan fingerprint density at radius 2 is 2.18 bits per heavy atom. The molecule has 0 aliphatic carbocycles. The van der Waals surface area contributed by atoms with Gasteiger partial charge < -0.3 is 25.4 Å². The lowest BCUT2D eigenvalue weighted by molar-refractivity contribution is -0.138. The summed E-state index contributed by atoms with van der Waals surface area (Å²) in [5.74, 6) is 0.195. The summed E-state index contributed by atoms with van der Waals surface area (Å²) < 4.78 is 5.46. The van der Waals surface area contributed by atoms with E-state index in [1.165, 1.54) is 12.0 Å². The Morgan fingerprint density at radius 1 is 1.30 bits per heavy atom. The molecule has 180 valence electrons. The monoisotopic (exact) mass is 455 g/mol. The lowest BCUT2D eigenvalue weighted by Crippen LogP contribution is -2.38. The molecular formula is C25H37N5O3. The van der Waals surface area contributed by atoms with Gasteiger partial charge in [-0.15, -0.1) is 0 Å². The van der Waals surface area contributed by atoms with Gasteiger partial charge in [-0.1, -0.05) is 6.07 Å². The van der Waals surface area contributed by atoms with Crippen LogP contribution in [0.3, 0.4) is 0 Å². The highest BCUT2D eigenvalue weighted by Gasteiger charge is 2.20. The molecule has 1 aliphatic rings. The minimum Gasteiger partial charge on any atom is -0.480 e. The average molecular weight is 456 g/mol. The summed E-state index contributed by atoms with van der Waals surface area (Å²) in [6.45, 7) is 5.40. The van der Waals surface area contributed by atoms with E-state index >= 15 is 0 Å². The molecule has 2 aromatic heterocycles. The van der Waals surface area contributed by atoms with Crippen LogP contribution in [0.25, 0.3) is 0 Å². The van der Waals surface area contributed by atoms with E-state index in [0.717, 1.165) is 56.8 Å². The smallest absolute Gasteiger partial charge is 0.326 e. The van der Waals surface area contributed by atoms with Gasteiger partial charge in [0.15, 0.2) is 0 Å². The van der Waals surface area contributed by atoms with Crippen molar-refractivity contribution in [2.75, 3.05) is 43.9 Å². The second-order valence-corrected chi connectivity index (χ2v) is 8.71. The fraction of sp³-hybridized carbons (Fsp3) is 0.560. The van der Waals surface area contributed by atoms with Crippen LogP contribution in [0.15, 0.2) is 36.7 Å². The fourth-order valence-corrected chi connectivity index (χ4v) is 4.10. The topological polar surface area (TPSA) is 99.6 Å². The SMILES string of the molecule is COC(C)CN(CCCCc1ccc2c(n1)NCCC2)CCC(Nc1cccnc1)C(=O)O. The maximum absolute atomic E-state index is 11.8. The fourth-order valence-electron chi connectivity index (χ4n) is 4.10. The number of pyridine rings is 2. The van der Waals surface area contributed by atoms with Crippen molar-refractivity contribution in [3.63, 3.8) is 0 Å². The molecule has 3 rings (SSSR count). The Kier molecular flexibility index (Phi) is 9.90. The number of nitrogens with one attached hydrogen (secondary N) is 2. The first kappa shape index (κ1) is 24.9. The van der Waals surface area contributed by atoms with Gasteiger partial charge in [0, 0.05) is 44.8 Å². The molecule has 0 aromatic carbocycles. The van der Waals surface area contributed by atoms with E-state index in [1.807, 2.05) is 13.0 Å². The first-order valence-electron chi connectivity index (χ1n) is 11.9. The summed E-state index contributed by atoms with van der Waals surface area (Å²) in [5.41, 5.74) is 3.16. The number of aryl methyl sites for hydroxylation is 2. The van der Waals surface area contributed by atoms with Crippen LogP contribution in [0.2, 0.25) is 0 Å². The number of ether oxygens (including phenoxy) is 1. The molecular weight excluding hydrogens is 418 g/mol. The minimum atomic E-state index is -0.856. The van der Waals surface area contributed by atoms with E-state index < -0.39 is 12.0 Å². The second kappa shape index (κ2) is 13.1. The highest BCUT2D eigenvalue weighted by molar-refractivity contribution is 5.77. The molecule has 33 heavy (non-hydrogen) atoms. The Balaban J connectivity index is 1.48. The van der Waals surface area contributed by atoms with Crippen molar-refractivity contribution in [3.05, 3.63) is 47.9 Å². The van der Waals surface area contributed by atoms with Crippen molar-refractivity contribution in [2.45, 2.75) is 57.6 Å². The maximum atomic E-state index is 11.8. The molecule has 8 nitrogen and oxygen atoms in total. The number of methoxy groups -OCH3 is 1. The summed E-state index contributed by atoms with van der Waals surface area (Å²) in [7, 11) is 1.71. The summed E-state index contributed by atoms with van der Waals surface area (Å²) in [6, 6.07) is 7.32. The van der Waals surface area contributed by atoms with Crippen LogP contribution in [0.4, 0.5) is 11.5 Å². The number of carbonyl (C=O) groups is 1. The molecule has 0 bridgehead atoms. The molecule has 0 fully saturated rings. The molecule has 0 amide bonds. The van der Waals surface area contributed by atoms with Crippen LogP contribution in [0.5, 0.6) is 0 Å². The van der Waals surface area contributed by atoms with Gasteiger partial charge in [-0.05, 0) is 75.8 Å². The number of hydrogen-bond donors (Lipinski definition) is 3. The zero-order valence-electron chi connectivity index (χ0n) is 19.8. The number of carboxylic acid groups (broad SMARTS) is 1. The van der Waals surface area contributed by atoms with Gasteiger partial charge in [0.2, 0.25) is 0 Å². The van der Waals surface area contributed by atoms with E-state index in [4.69, 9.17) is 9.72 Å². The van der Waals surface area contributed by atoms with Crippen LogP contribution < -0.4 is 10.6 Å². The van der Waals surface area contributed by atoms with Crippen molar-refractivity contribution < 1.29 is 14.6 Å². The number of aromatic nitrogens is 2. The molecule has 0 saturated heterocycles. The molecule has 2 aromatic rings. The van der Waals surface area contributed by atoms with E-state index in [2.05, 4.69) is 32.7 Å². The first-order chi connectivity index (χ1) is 16.0. The van der Waals surface area contributed by atoms with E-state index in [9.17, 15) is 9.90 Å². The number of rotatable bonds is 14. The van der Waals surface area contributed by atoms with Crippen LogP contribution >= 0.6 is 0 Å². The van der Waals surface area contributed by atoms with Gasteiger partial charge in [0.25, 0.3) is 0 Å². The Morgan fingerprint density at radius 3 is 2.94 bits per heavy atom. The third-order valence-electron chi connectivity index (χ3n) is 6.06. The second-order valence-electron chi connectivity index (χ2n) is 8.71. The maximum Gasteiger partial charge on any atom is 0.326 e. The normalized spacial score (nSPS) is 14.9. The molecule has 3 N–H and O–H groups in total. The zero-order valence-corrected chi connectivity index (χ0v) is 19.8. The molecule has 0 radical (unpaired) electrons. The molecule has 3 heterocycles. The largest absolute Gasteiger partial charge is 0.480 e. The van der Waals surface area contributed by atoms with Crippen molar-refractivity contribution in [1.82, 2.24) is 14.9 Å². The molecule has 0 spiro atoms.